The summed E-state index contributed by atoms with van der Waals surface area (Å²) in [6, 6.07) is 0. The average molecular weight is 233 g/mol. The smallest absolute Gasteiger partial charge is 0.222 e. The van der Waals surface area contributed by atoms with Gasteiger partial charge in [0.1, 0.15) is 6.10 Å². The van der Waals surface area contributed by atoms with Crippen LogP contribution in [0.4, 0.5) is 0 Å². The second-order valence-electron chi connectivity index (χ2n) is 3.23. The van der Waals surface area contributed by atoms with E-state index in [0.29, 0.717) is 10.7 Å². The van der Waals surface area contributed by atoms with Crippen molar-refractivity contribution in [3.8, 4) is 0 Å². The molecule has 76 valence electrons. The Morgan fingerprint density at radius 2 is 2.21 bits per heavy atom. The van der Waals surface area contributed by atoms with Gasteiger partial charge in [0.15, 0.2) is 0 Å². The van der Waals surface area contributed by atoms with E-state index in [9.17, 15) is 0 Å². The summed E-state index contributed by atoms with van der Waals surface area (Å²) >= 11 is 11.7. The molecule has 1 aliphatic heterocycles. The van der Waals surface area contributed by atoms with Crippen molar-refractivity contribution in [3.05, 3.63) is 22.2 Å². The summed E-state index contributed by atoms with van der Waals surface area (Å²) in [7, 11) is 0. The summed E-state index contributed by atoms with van der Waals surface area (Å²) in [5, 5.41) is 0.750. The van der Waals surface area contributed by atoms with Crippen molar-refractivity contribution in [2.45, 2.75) is 25.4 Å². The Balaban J connectivity index is 2.24. The maximum absolute atomic E-state index is 5.97. The van der Waals surface area contributed by atoms with Crippen molar-refractivity contribution < 1.29 is 4.74 Å². The van der Waals surface area contributed by atoms with Crippen molar-refractivity contribution in [2.75, 3.05) is 6.61 Å². The van der Waals surface area contributed by atoms with E-state index in [0.717, 1.165) is 25.9 Å². The first-order valence-corrected chi connectivity index (χ1v) is 5.32. The van der Waals surface area contributed by atoms with Gasteiger partial charge in [-0.05, 0) is 30.9 Å². The maximum Gasteiger partial charge on any atom is 0.222 e. The predicted octanol–water partition coefficient (Wildman–Crippen LogP) is 3.03. The summed E-state index contributed by atoms with van der Waals surface area (Å²) in [6.45, 7) is 0.766. The normalized spacial score (nSPS) is 22.3. The summed E-state index contributed by atoms with van der Waals surface area (Å²) in [6.07, 6.45) is 4.70. The molecule has 2 heterocycles. The van der Waals surface area contributed by atoms with Crippen LogP contribution in [-0.2, 0) is 4.74 Å². The molecular formula is C9H10Cl2N2O. The lowest BCUT2D eigenvalue weighted by atomic mass is 10.1. The van der Waals surface area contributed by atoms with E-state index >= 15 is 0 Å². The minimum Gasteiger partial charge on any atom is -0.372 e. The standard InChI is InChI=1S/C9H10Cl2N2O/c10-6-5-12-9(11)13-8(6)7-3-1-2-4-14-7/h5,7H,1-4H2. The maximum atomic E-state index is 5.97. The molecule has 0 spiro atoms. The zero-order valence-electron chi connectivity index (χ0n) is 7.54. The van der Waals surface area contributed by atoms with Crippen molar-refractivity contribution in [1.82, 2.24) is 9.97 Å². The van der Waals surface area contributed by atoms with E-state index < -0.39 is 0 Å². The Morgan fingerprint density at radius 3 is 2.93 bits per heavy atom. The molecule has 1 atom stereocenters. The largest absolute Gasteiger partial charge is 0.372 e. The van der Waals surface area contributed by atoms with E-state index in [4.69, 9.17) is 27.9 Å². The Hall–Kier alpha value is -0.380. The molecule has 0 aromatic carbocycles. The Kier molecular flexibility index (Phi) is 3.21. The van der Waals surface area contributed by atoms with Crippen LogP contribution < -0.4 is 0 Å². The number of halogens is 2. The van der Waals surface area contributed by atoms with Gasteiger partial charge < -0.3 is 4.74 Å². The highest BCUT2D eigenvalue weighted by Crippen LogP contribution is 2.31. The highest BCUT2D eigenvalue weighted by Gasteiger charge is 2.20. The van der Waals surface area contributed by atoms with E-state index in [1.165, 1.54) is 6.20 Å². The third-order valence-electron chi connectivity index (χ3n) is 2.23. The molecule has 1 aliphatic rings. The van der Waals surface area contributed by atoms with E-state index in [1.807, 2.05) is 0 Å². The van der Waals surface area contributed by atoms with Crippen LogP contribution in [0.1, 0.15) is 31.1 Å². The molecule has 0 bridgehead atoms. The SMILES string of the molecule is Clc1ncc(Cl)c(C2CCCCO2)n1. The van der Waals surface area contributed by atoms with Crippen LogP contribution in [0, 0.1) is 0 Å². The number of nitrogens with zero attached hydrogens (tertiary/aromatic N) is 2. The van der Waals surface area contributed by atoms with Gasteiger partial charge in [-0.1, -0.05) is 11.6 Å². The second kappa shape index (κ2) is 4.43. The van der Waals surface area contributed by atoms with Crippen LogP contribution in [0.2, 0.25) is 10.3 Å². The van der Waals surface area contributed by atoms with Crippen molar-refractivity contribution in [1.29, 1.82) is 0 Å². The van der Waals surface area contributed by atoms with Crippen LogP contribution in [0.25, 0.3) is 0 Å². The zero-order chi connectivity index (χ0) is 9.97. The summed E-state index contributed by atoms with van der Waals surface area (Å²) < 4.78 is 5.57. The first-order valence-electron chi connectivity index (χ1n) is 4.57. The highest BCUT2D eigenvalue weighted by atomic mass is 35.5. The van der Waals surface area contributed by atoms with E-state index in [-0.39, 0.29) is 11.4 Å². The molecule has 0 radical (unpaired) electrons. The number of rotatable bonds is 1. The highest BCUT2D eigenvalue weighted by molar-refractivity contribution is 6.32. The monoisotopic (exact) mass is 232 g/mol. The summed E-state index contributed by atoms with van der Waals surface area (Å²) in [5.74, 6) is 0. The fourth-order valence-corrected chi connectivity index (χ4v) is 1.89. The van der Waals surface area contributed by atoms with Gasteiger partial charge in [0, 0.05) is 6.61 Å². The lowest BCUT2D eigenvalue weighted by Gasteiger charge is -2.22. The Labute approximate surface area is 92.4 Å². The molecule has 0 N–H and O–H groups in total. The fraction of sp³-hybridized carbons (Fsp3) is 0.556. The minimum absolute atomic E-state index is 0.0169. The van der Waals surface area contributed by atoms with Crippen LogP contribution >= 0.6 is 23.2 Å². The number of hydrogen-bond acceptors (Lipinski definition) is 3. The number of aromatic nitrogens is 2. The van der Waals surface area contributed by atoms with Gasteiger partial charge in [-0.3, -0.25) is 0 Å². The zero-order valence-corrected chi connectivity index (χ0v) is 9.05. The van der Waals surface area contributed by atoms with Gasteiger partial charge in [-0.25, -0.2) is 9.97 Å². The number of hydrogen-bond donors (Lipinski definition) is 0. The van der Waals surface area contributed by atoms with Crippen LogP contribution in [0.15, 0.2) is 6.20 Å². The minimum atomic E-state index is -0.0169. The summed E-state index contributed by atoms with van der Waals surface area (Å²) in [4.78, 5) is 7.89. The molecule has 2 rings (SSSR count). The van der Waals surface area contributed by atoms with Gasteiger partial charge in [0.2, 0.25) is 5.28 Å². The fourth-order valence-electron chi connectivity index (χ4n) is 1.54. The van der Waals surface area contributed by atoms with Crippen molar-refractivity contribution >= 4 is 23.2 Å². The number of ether oxygens (including phenoxy) is 1. The molecule has 14 heavy (non-hydrogen) atoms. The molecule has 1 aromatic rings. The molecule has 0 amide bonds. The average Bonchev–Trinajstić information content (AvgIpc) is 2.23. The van der Waals surface area contributed by atoms with Crippen LogP contribution in [0.5, 0.6) is 0 Å². The van der Waals surface area contributed by atoms with Gasteiger partial charge >= 0.3 is 0 Å². The summed E-state index contributed by atoms with van der Waals surface area (Å²) in [5.41, 5.74) is 0.714. The van der Waals surface area contributed by atoms with Gasteiger partial charge in [-0.15, -0.1) is 0 Å². The molecule has 0 saturated carbocycles. The lowest BCUT2D eigenvalue weighted by Crippen LogP contribution is -2.13. The molecule has 0 aliphatic carbocycles. The molecule has 3 nitrogen and oxygen atoms in total. The first kappa shape index (κ1) is 10.1. The van der Waals surface area contributed by atoms with Gasteiger partial charge in [-0.2, -0.15) is 0 Å². The predicted molar refractivity (Wildman–Crippen MR) is 54.6 cm³/mol. The molecule has 1 saturated heterocycles. The molecule has 5 heteroatoms. The Bertz CT molecular complexity index is 327. The third-order valence-corrected chi connectivity index (χ3v) is 2.70. The van der Waals surface area contributed by atoms with Crippen LogP contribution in [0.3, 0.4) is 0 Å². The van der Waals surface area contributed by atoms with E-state index in [2.05, 4.69) is 9.97 Å². The topological polar surface area (TPSA) is 35.0 Å². The second-order valence-corrected chi connectivity index (χ2v) is 3.97. The van der Waals surface area contributed by atoms with Crippen LogP contribution in [-0.4, -0.2) is 16.6 Å². The lowest BCUT2D eigenvalue weighted by molar-refractivity contribution is 0.0123. The van der Waals surface area contributed by atoms with E-state index in [1.54, 1.807) is 0 Å². The quantitative estimate of drug-likeness (QED) is 0.699. The molecule has 1 fully saturated rings. The van der Waals surface area contributed by atoms with Gasteiger partial charge in [0.25, 0.3) is 0 Å². The molecular weight excluding hydrogens is 223 g/mol. The molecule has 1 aromatic heterocycles. The van der Waals surface area contributed by atoms with Crippen molar-refractivity contribution in [3.63, 3.8) is 0 Å². The first-order chi connectivity index (χ1) is 6.77. The third kappa shape index (κ3) is 2.16. The van der Waals surface area contributed by atoms with Crippen molar-refractivity contribution in [2.24, 2.45) is 0 Å². The Morgan fingerprint density at radius 1 is 1.36 bits per heavy atom. The molecule has 1 unspecified atom stereocenters. The van der Waals surface area contributed by atoms with Gasteiger partial charge in [0.05, 0.1) is 16.9 Å².